The van der Waals surface area contributed by atoms with Crippen molar-refractivity contribution in [2.24, 2.45) is 0 Å². The average Bonchev–Trinajstić information content (AvgIpc) is 2.29. The van der Waals surface area contributed by atoms with Gasteiger partial charge in [0.05, 0.1) is 0 Å². The number of carbonyl (C=O) groups is 1. The van der Waals surface area contributed by atoms with E-state index in [2.05, 4.69) is 22.2 Å². The number of anilines is 1. The highest BCUT2D eigenvalue weighted by Gasteiger charge is 2.05. The molecule has 1 heterocycles. The fraction of sp³-hybridized carbons (Fsp3) is 0.545. The summed E-state index contributed by atoms with van der Waals surface area (Å²) in [5.74, 6) is -0.646. The predicted octanol–water partition coefficient (Wildman–Crippen LogP) is 2.17. The molecule has 0 aliphatic carbocycles. The van der Waals surface area contributed by atoms with E-state index in [1.807, 2.05) is 0 Å². The van der Waals surface area contributed by atoms with Crippen LogP contribution < -0.4 is 5.32 Å². The largest absolute Gasteiger partial charge is 0.477 e. The van der Waals surface area contributed by atoms with Gasteiger partial charge in [-0.25, -0.2) is 14.8 Å². The minimum absolute atomic E-state index is 0.0195. The molecule has 0 saturated heterocycles. The molecule has 1 aromatic rings. The molecular formula is C11H17N3O2. The molecule has 5 heteroatoms. The summed E-state index contributed by atoms with van der Waals surface area (Å²) in [5.41, 5.74) is 0.0195. The van der Waals surface area contributed by atoms with Gasteiger partial charge >= 0.3 is 5.97 Å². The highest BCUT2D eigenvalue weighted by Crippen LogP contribution is 2.02. The summed E-state index contributed by atoms with van der Waals surface area (Å²) in [6.45, 7) is 2.94. The second kappa shape index (κ2) is 6.76. The summed E-state index contributed by atoms with van der Waals surface area (Å²) in [6, 6.07) is 1.38. The number of hydrogen-bond acceptors (Lipinski definition) is 4. The van der Waals surface area contributed by atoms with Crippen LogP contribution in [0.1, 0.15) is 43.1 Å². The van der Waals surface area contributed by atoms with Crippen LogP contribution in [0.5, 0.6) is 0 Å². The van der Waals surface area contributed by atoms with Gasteiger partial charge in [-0.3, -0.25) is 0 Å². The molecule has 0 radical (unpaired) electrons. The molecule has 0 aliphatic rings. The van der Waals surface area contributed by atoms with Crippen molar-refractivity contribution < 1.29 is 9.90 Å². The Kier molecular flexibility index (Phi) is 5.25. The Morgan fingerprint density at radius 1 is 1.44 bits per heavy atom. The van der Waals surface area contributed by atoms with Gasteiger partial charge in [0.2, 0.25) is 5.95 Å². The van der Waals surface area contributed by atoms with Gasteiger partial charge in [0, 0.05) is 12.7 Å². The number of nitrogens with one attached hydrogen (secondary N) is 1. The van der Waals surface area contributed by atoms with E-state index in [1.54, 1.807) is 0 Å². The number of nitrogens with zero attached hydrogens (tertiary/aromatic N) is 2. The highest BCUT2D eigenvalue weighted by molar-refractivity contribution is 5.85. The second-order valence-corrected chi connectivity index (χ2v) is 3.56. The Balaban J connectivity index is 2.36. The lowest BCUT2D eigenvalue weighted by Gasteiger charge is -2.04. The first-order valence-corrected chi connectivity index (χ1v) is 5.54. The molecule has 0 amide bonds. The first-order chi connectivity index (χ1) is 7.74. The first kappa shape index (κ1) is 12.4. The van der Waals surface area contributed by atoms with E-state index in [0.717, 1.165) is 13.0 Å². The Hall–Kier alpha value is -1.65. The molecule has 0 aromatic carbocycles. The molecule has 2 N–H and O–H groups in total. The van der Waals surface area contributed by atoms with Crippen molar-refractivity contribution in [2.45, 2.75) is 32.6 Å². The lowest BCUT2D eigenvalue weighted by molar-refractivity contribution is 0.0690. The quantitative estimate of drug-likeness (QED) is 0.693. The number of unbranched alkanes of at least 4 members (excludes halogenated alkanes) is 3. The molecule has 0 atom stereocenters. The average molecular weight is 223 g/mol. The van der Waals surface area contributed by atoms with Gasteiger partial charge in [0.15, 0.2) is 5.69 Å². The minimum Gasteiger partial charge on any atom is -0.477 e. The summed E-state index contributed by atoms with van der Waals surface area (Å²) >= 11 is 0. The van der Waals surface area contributed by atoms with E-state index in [4.69, 9.17) is 5.11 Å². The fourth-order valence-corrected chi connectivity index (χ4v) is 1.31. The number of aromatic carboxylic acids is 1. The molecule has 1 aromatic heterocycles. The van der Waals surface area contributed by atoms with Crippen molar-refractivity contribution in [3.05, 3.63) is 18.0 Å². The van der Waals surface area contributed by atoms with Crippen LogP contribution in [0.2, 0.25) is 0 Å². The first-order valence-electron chi connectivity index (χ1n) is 5.54. The monoisotopic (exact) mass is 223 g/mol. The zero-order valence-corrected chi connectivity index (χ0v) is 9.44. The zero-order valence-electron chi connectivity index (χ0n) is 9.44. The lowest BCUT2D eigenvalue weighted by atomic mass is 10.2. The van der Waals surface area contributed by atoms with E-state index < -0.39 is 5.97 Å². The Bertz CT molecular complexity index is 342. The number of carboxylic acids is 1. The van der Waals surface area contributed by atoms with Crippen LogP contribution in [0, 0.1) is 0 Å². The summed E-state index contributed by atoms with van der Waals surface area (Å²) in [5, 5.41) is 11.7. The van der Waals surface area contributed by atoms with Gasteiger partial charge in [-0.05, 0) is 12.5 Å². The van der Waals surface area contributed by atoms with E-state index >= 15 is 0 Å². The second-order valence-electron chi connectivity index (χ2n) is 3.56. The molecule has 0 saturated carbocycles. The SMILES string of the molecule is CCCCCCNc1nccc(C(=O)O)n1. The lowest BCUT2D eigenvalue weighted by Crippen LogP contribution is -2.08. The number of carboxylic acid groups (broad SMARTS) is 1. The predicted molar refractivity (Wildman–Crippen MR) is 61.6 cm³/mol. The van der Waals surface area contributed by atoms with Crippen molar-refractivity contribution in [1.82, 2.24) is 9.97 Å². The standard InChI is InChI=1S/C11H17N3O2/c1-2-3-4-5-7-12-11-13-8-6-9(14-11)10(15)16/h6,8H,2-5,7H2,1H3,(H,15,16)(H,12,13,14). The van der Waals surface area contributed by atoms with Crippen LogP contribution in [-0.4, -0.2) is 27.6 Å². The van der Waals surface area contributed by atoms with Gasteiger partial charge in [-0.2, -0.15) is 0 Å². The summed E-state index contributed by atoms with van der Waals surface area (Å²) in [6.07, 6.45) is 6.09. The highest BCUT2D eigenvalue weighted by atomic mass is 16.4. The molecule has 5 nitrogen and oxygen atoms in total. The molecule has 0 spiro atoms. The Labute approximate surface area is 94.9 Å². The maximum atomic E-state index is 10.7. The van der Waals surface area contributed by atoms with Crippen LogP contribution in [0.3, 0.4) is 0 Å². The molecule has 1 rings (SSSR count). The van der Waals surface area contributed by atoms with Crippen LogP contribution in [0.15, 0.2) is 12.3 Å². The van der Waals surface area contributed by atoms with Gasteiger partial charge in [-0.1, -0.05) is 26.2 Å². The van der Waals surface area contributed by atoms with E-state index in [9.17, 15) is 4.79 Å². The van der Waals surface area contributed by atoms with Gasteiger partial charge < -0.3 is 10.4 Å². The minimum atomic E-state index is -1.03. The van der Waals surface area contributed by atoms with Crippen LogP contribution in [-0.2, 0) is 0 Å². The van der Waals surface area contributed by atoms with Crippen LogP contribution in [0.4, 0.5) is 5.95 Å². The third kappa shape index (κ3) is 4.25. The maximum Gasteiger partial charge on any atom is 0.354 e. The van der Waals surface area contributed by atoms with Crippen molar-refractivity contribution in [1.29, 1.82) is 0 Å². The van der Waals surface area contributed by atoms with Crippen molar-refractivity contribution >= 4 is 11.9 Å². The Morgan fingerprint density at radius 3 is 2.94 bits per heavy atom. The van der Waals surface area contributed by atoms with Gasteiger partial charge in [0.25, 0.3) is 0 Å². The van der Waals surface area contributed by atoms with Gasteiger partial charge in [0.1, 0.15) is 0 Å². The maximum absolute atomic E-state index is 10.7. The normalized spacial score (nSPS) is 10.1. The zero-order chi connectivity index (χ0) is 11.8. The van der Waals surface area contributed by atoms with Crippen molar-refractivity contribution in [3.8, 4) is 0 Å². The number of aromatic nitrogens is 2. The third-order valence-corrected chi connectivity index (χ3v) is 2.19. The molecular weight excluding hydrogens is 206 g/mol. The molecule has 0 unspecified atom stereocenters. The summed E-state index contributed by atoms with van der Waals surface area (Å²) in [4.78, 5) is 18.5. The third-order valence-electron chi connectivity index (χ3n) is 2.19. The number of hydrogen-bond donors (Lipinski definition) is 2. The Morgan fingerprint density at radius 2 is 2.25 bits per heavy atom. The molecule has 16 heavy (non-hydrogen) atoms. The smallest absolute Gasteiger partial charge is 0.354 e. The van der Waals surface area contributed by atoms with E-state index in [-0.39, 0.29) is 5.69 Å². The van der Waals surface area contributed by atoms with E-state index in [1.165, 1.54) is 31.5 Å². The van der Waals surface area contributed by atoms with Crippen molar-refractivity contribution in [3.63, 3.8) is 0 Å². The summed E-state index contributed by atoms with van der Waals surface area (Å²) in [7, 11) is 0. The van der Waals surface area contributed by atoms with E-state index in [0.29, 0.717) is 5.95 Å². The topological polar surface area (TPSA) is 75.1 Å². The molecule has 0 aliphatic heterocycles. The molecule has 0 fully saturated rings. The molecule has 0 bridgehead atoms. The summed E-state index contributed by atoms with van der Waals surface area (Å²) < 4.78 is 0. The number of rotatable bonds is 7. The fourth-order valence-electron chi connectivity index (χ4n) is 1.31. The van der Waals surface area contributed by atoms with Crippen LogP contribution >= 0.6 is 0 Å². The van der Waals surface area contributed by atoms with Crippen LogP contribution in [0.25, 0.3) is 0 Å². The van der Waals surface area contributed by atoms with Crippen molar-refractivity contribution in [2.75, 3.05) is 11.9 Å². The molecule has 88 valence electrons. The van der Waals surface area contributed by atoms with Gasteiger partial charge in [-0.15, -0.1) is 0 Å².